The highest BCUT2D eigenvalue weighted by atomic mass is 28.3. The van der Waals surface area contributed by atoms with Gasteiger partial charge in [-0.15, -0.1) is 79.0 Å². The van der Waals surface area contributed by atoms with Crippen molar-refractivity contribution in [2.75, 3.05) is 25.0 Å². The largest absolute Gasteiger partial charge is 0.573 e. The van der Waals surface area contributed by atoms with Gasteiger partial charge in [0.2, 0.25) is 23.6 Å². The van der Waals surface area contributed by atoms with Crippen LogP contribution in [0.15, 0.2) is 255 Å². The molecule has 2 fully saturated rings. The van der Waals surface area contributed by atoms with E-state index in [1.807, 2.05) is 33.9 Å². The van der Waals surface area contributed by atoms with Crippen LogP contribution in [0.5, 0.6) is 34.5 Å². The molecule has 10 aromatic carbocycles. The summed E-state index contributed by atoms with van der Waals surface area (Å²) < 4.78 is 333. The molecule has 10 aromatic rings. The van der Waals surface area contributed by atoms with Crippen molar-refractivity contribution >= 4 is 37.6 Å². The molecule has 0 aromatic heterocycles. The molecule has 2 atom stereocenters. The van der Waals surface area contributed by atoms with Crippen LogP contribution < -0.4 is 49.7 Å². The van der Waals surface area contributed by atoms with E-state index in [0.29, 0.717) is 29.7 Å². The number of rotatable bonds is 29. The molecule has 0 unspecified atom stereocenters. The van der Waals surface area contributed by atoms with Crippen LogP contribution in [-0.4, -0.2) is 106 Å². The normalized spacial score (nSPS) is 14.8. The van der Waals surface area contributed by atoms with E-state index >= 15 is 0 Å². The van der Waals surface area contributed by atoms with E-state index in [4.69, 9.17) is 0 Å². The molecular weight excluding hydrogens is 1810 g/mol. The number of nitrogens with one attached hydrogen (secondary N) is 4. The first-order valence-electron chi connectivity index (χ1n) is 39.6. The summed E-state index contributed by atoms with van der Waals surface area (Å²) in [5.41, 5.74) is -4.30. The van der Waals surface area contributed by atoms with Crippen molar-refractivity contribution in [3.05, 3.63) is 316 Å². The van der Waals surface area contributed by atoms with Gasteiger partial charge in [0.25, 0.3) is 5.92 Å². The van der Waals surface area contributed by atoms with E-state index in [1.165, 1.54) is 72.8 Å². The van der Waals surface area contributed by atoms with E-state index in [2.05, 4.69) is 49.7 Å². The van der Waals surface area contributed by atoms with Gasteiger partial charge >= 0.3 is 44.4 Å². The number of anilines is 1. The summed E-state index contributed by atoms with van der Waals surface area (Å²) in [7, 11) is -2.46. The van der Waals surface area contributed by atoms with Gasteiger partial charge in [-0.2, -0.15) is 13.2 Å². The quantitative estimate of drug-likeness (QED) is 0.0199. The average molecular weight is 1900 g/mol. The number of carbonyl (C=O) groups excluding carboxylic acids is 4. The third kappa shape index (κ3) is 28.2. The number of nitrogens with zero attached hydrogens (tertiary/aromatic N) is 1. The van der Waals surface area contributed by atoms with Crippen molar-refractivity contribution < 1.29 is 149 Å². The molecule has 2 aliphatic heterocycles. The molecule has 15 nitrogen and oxygen atoms in total. The van der Waals surface area contributed by atoms with Crippen LogP contribution in [0, 0.1) is 0 Å². The number of β-lactam (4-membered cyclic amide) rings is 2. The predicted molar refractivity (Wildman–Crippen MR) is 443 cm³/mol. The van der Waals surface area contributed by atoms with Gasteiger partial charge in [-0.1, -0.05) is 205 Å². The van der Waals surface area contributed by atoms with Crippen LogP contribution in [0.25, 0.3) is 0 Å². The fraction of sp³-hybridized carbons (Fsp3) is 0.312. The molecule has 0 aliphatic carbocycles. The lowest BCUT2D eigenvalue weighted by Crippen LogP contribution is -2.71. The third-order valence-electron chi connectivity index (χ3n) is 22.0. The lowest BCUT2D eigenvalue weighted by atomic mass is 9.70. The maximum absolute atomic E-state index is 14.2. The summed E-state index contributed by atoms with van der Waals surface area (Å²) in [5.74, 6) is -8.69. The fourth-order valence-corrected chi connectivity index (χ4v) is 17.4. The van der Waals surface area contributed by atoms with Crippen LogP contribution in [0.2, 0.25) is 18.1 Å². The summed E-state index contributed by atoms with van der Waals surface area (Å²) in [6.45, 7) is 9.47. The Bertz CT molecular complexity index is 5370. The Kier molecular flexibility index (Phi) is 31.7. The molecule has 0 saturated carbocycles. The summed E-state index contributed by atoms with van der Waals surface area (Å²) in [6.07, 6.45) is -35.3. The fourth-order valence-electron chi connectivity index (χ4n) is 15.0. The number of hydrogen-bond acceptors (Lipinski definition) is 11. The van der Waals surface area contributed by atoms with E-state index in [9.17, 15) is 120 Å². The minimum absolute atomic E-state index is 0. The van der Waals surface area contributed by atoms with Gasteiger partial charge in [0.1, 0.15) is 46.6 Å². The van der Waals surface area contributed by atoms with Gasteiger partial charge in [0.05, 0.1) is 18.4 Å². The first kappa shape index (κ1) is 103. The summed E-state index contributed by atoms with van der Waals surface area (Å²) in [5, 5.41) is 10.5. The molecule has 0 bridgehead atoms. The summed E-state index contributed by atoms with van der Waals surface area (Å²) >= 11 is 0. The molecule has 2 saturated heterocycles. The highest BCUT2D eigenvalue weighted by Crippen LogP contribution is 2.48. The lowest BCUT2D eigenvalue weighted by Gasteiger charge is -2.54. The second-order valence-electron chi connectivity index (χ2n) is 32.3. The highest BCUT2D eigenvalue weighted by Gasteiger charge is 2.55. The van der Waals surface area contributed by atoms with Gasteiger partial charge < -0.3 is 54.3 Å². The number of halogens is 23. The molecule has 0 radical (unpaired) electrons. The van der Waals surface area contributed by atoms with Crippen LogP contribution >= 0.6 is 0 Å². The van der Waals surface area contributed by atoms with Crippen molar-refractivity contribution in [1.29, 1.82) is 0 Å². The Morgan fingerprint density at radius 1 is 0.356 bits per heavy atom. The first-order valence-corrected chi connectivity index (χ1v) is 42.5. The molecule has 39 heteroatoms. The number of carbonyl (C=O) groups is 4. The van der Waals surface area contributed by atoms with Crippen molar-refractivity contribution in [3.63, 3.8) is 0 Å². The molecule has 2 heterocycles. The monoisotopic (exact) mass is 1900 g/mol. The van der Waals surface area contributed by atoms with E-state index < -0.39 is 157 Å². The predicted octanol–water partition coefficient (Wildman–Crippen LogP) is 23.6. The summed E-state index contributed by atoms with van der Waals surface area (Å²) in [6, 6.07) is 55.3. The molecular formula is C93H86F23N5O10Si. The van der Waals surface area contributed by atoms with Crippen LogP contribution in [0.3, 0.4) is 0 Å². The molecule has 132 heavy (non-hydrogen) atoms. The number of benzene rings is 10. The minimum atomic E-state index is -5.11. The Hall–Kier alpha value is -12.7. The smallest absolute Gasteiger partial charge is 0.406 e. The second kappa shape index (κ2) is 40.6. The number of amides is 4. The Morgan fingerprint density at radius 2 is 0.629 bits per heavy atom. The number of hydrogen-bond donors (Lipinski definition) is 4. The Balaban J connectivity index is 0.000000223. The zero-order valence-electron chi connectivity index (χ0n) is 69.8. The van der Waals surface area contributed by atoms with Crippen molar-refractivity contribution in [2.45, 2.75) is 164 Å². The summed E-state index contributed by atoms with van der Waals surface area (Å²) in [4.78, 5) is 50.7. The highest BCUT2D eigenvalue weighted by molar-refractivity contribution is 6.80. The van der Waals surface area contributed by atoms with Gasteiger partial charge in [0.15, 0.2) is 8.24 Å². The van der Waals surface area contributed by atoms with Crippen molar-refractivity contribution in [2.24, 2.45) is 0 Å². The molecule has 4 amide bonds. The first-order chi connectivity index (χ1) is 60.8. The SMILES string of the molecule is C.CC(C)(C)[Si](C)(C)N1C(=O)C[C@@H]1C(=O)NCC(Cc1ccccc1)(c1cccc(OC(F)(F)F)c1)c1cccc(OC(F)(F)F)c1.CC(F)(F)c1cc(NCC(Cc2ccccc2)(c2cccc(OC(F)(F)F)c2)c2cccc(OC(F)(F)F)c2)cc(C(F)(F)F)c1.O=C1C[C@H](C(=O)NCC(Cc2ccccc2)(c2cccc(OC(F)(F)F)c2)c2cccc(OC(F)(F)F)c2)N1. The maximum atomic E-state index is 14.2. The van der Waals surface area contributed by atoms with Crippen LogP contribution in [0.1, 0.15) is 109 Å². The molecule has 2 aliphatic rings. The van der Waals surface area contributed by atoms with Crippen molar-refractivity contribution in [3.8, 4) is 34.5 Å². The average Bonchev–Trinajstić information content (AvgIpc) is 0.742. The van der Waals surface area contributed by atoms with Gasteiger partial charge in [-0.05, 0) is 165 Å². The Morgan fingerprint density at radius 3 is 0.879 bits per heavy atom. The topological polar surface area (TPSA) is 175 Å². The minimum Gasteiger partial charge on any atom is -0.406 e. The molecule has 4 N–H and O–H groups in total. The van der Waals surface area contributed by atoms with Crippen molar-refractivity contribution in [1.82, 2.24) is 20.5 Å². The van der Waals surface area contributed by atoms with Crippen LogP contribution in [-0.2, 0) is 66.8 Å². The second-order valence-corrected chi connectivity index (χ2v) is 37.4. The lowest BCUT2D eigenvalue weighted by molar-refractivity contribution is -0.275. The van der Waals surface area contributed by atoms with Gasteiger partial charge in [-0.3, -0.25) is 19.2 Å². The maximum Gasteiger partial charge on any atom is 0.573 e. The van der Waals surface area contributed by atoms with E-state index in [1.54, 1.807) is 95.6 Å². The zero-order chi connectivity index (χ0) is 96.4. The Labute approximate surface area is 743 Å². The molecule has 12 rings (SSSR count). The third-order valence-corrected chi connectivity index (χ3v) is 27.4. The molecule has 708 valence electrons. The number of alkyl halides is 23. The number of ether oxygens (including phenoxy) is 6. The molecule has 0 spiro atoms. The van der Waals surface area contributed by atoms with Gasteiger partial charge in [0, 0.05) is 54.1 Å². The van der Waals surface area contributed by atoms with E-state index in [0.717, 1.165) is 78.9 Å². The zero-order valence-corrected chi connectivity index (χ0v) is 70.8. The van der Waals surface area contributed by atoms with E-state index in [-0.39, 0.29) is 109 Å². The van der Waals surface area contributed by atoms with Gasteiger partial charge in [-0.25, -0.2) is 8.78 Å². The standard InChI is InChI=1S/C33H36F6N2O4Si.C32H24F11NO2.C27H22F6N2O4.CH4/c1-30(2,3)46(4,5)41-27(19-28(41)42)29(43)40-21-31(20-22-11-7-6-8-12-22,23-13-9-15-25(17-23)44-32(34,35)36)24-14-10-16-26(18-24)45-33(37,38)39;1-28(33,34)23-13-24(30(35,36)37)15-25(14-23)44-19-29(18-20-7-3-2-4-8-20,21-9-5-11-26(16-21)45-31(38,39)40)22-10-6-12-27(17-22)46-32(41,42)43;28-26(29,30)38-20-10-4-8-18(12-20)25(15-17-6-2-1-3-7-17,16-34-24(37)22-14-23(36)35-22)19-9-5-11-21(13-19)39-27(31,32)33;/h6-18,27H,19-21H2,1-5H3,(H,40,43);2-17,44H,18-19H2,1H3;1-13,22H,14-16H2,(H,34,37)(H,35,36);1H4/t27-;;22-;/m1.1./s1. The van der Waals surface area contributed by atoms with Crippen LogP contribution in [0.4, 0.5) is 107 Å².